The van der Waals surface area contributed by atoms with Gasteiger partial charge in [-0.15, -0.1) is 0 Å². The third kappa shape index (κ3) is 5.65. The number of aryl methyl sites for hydroxylation is 1. The molecule has 1 aliphatic carbocycles. The van der Waals surface area contributed by atoms with Crippen LogP contribution in [0.3, 0.4) is 0 Å². The van der Waals surface area contributed by atoms with Gasteiger partial charge in [-0.05, 0) is 49.2 Å². The maximum Gasteiger partial charge on any atom is 0.274 e. The summed E-state index contributed by atoms with van der Waals surface area (Å²) >= 11 is 0. The van der Waals surface area contributed by atoms with Crippen molar-refractivity contribution < 1.29 is 14.4 Å². The summed E-state index contributed by atoms with van der Waals surface area (Å²) in [6.45, 7) is 2.12. The van der Waals surface area contributed by atoms with Gasteiger partial charge in [0.2, 0.25) is 5.91 Å². The molecular weight excluding hydrogens is 520 g/mol. The molecule has 1 N–H and O–H groups in total. The van der Waals surface area contributed by atoms with E-state index in [4.69, 9.17) is 0 Å². The average molecular weight is 551 g/mol. The van der Waals surface area contributed by atoms with E-state index in [-0.39, 0.29) is 24.3 Å². The van der Waals surface area contributed by atoms with Gasteiger partial charge in [-0.25, -0.2) is 4.98 Å². The fourth-order valence-electron chi connectivity index (χ4n) is 5.11. The number of benzene rings is 1. The molecule has 3 amide bonds. The molecule has 0 bridgehead atoms. The van der Waals surface area contributed by atoms with Crippen molar-refractivity contribution in [3.05, 3.63) is 84.4 Å². The smallest absolute Gasteiger partial charge is 0.274 e. The van der Waals surface area contributed by atoms with Crippen molar-refractivity contribution >= 4 is 34.3 Å². The van der Waals surface area contributed by atoms with Crippen molar-refractivity contribution in [3.63, 3.8) is 0 Å². The van der Waals surface area contributed by atoms with Gasteiger partial charge in [0.05, 0.1) is 16.9 Å². The Labute approximate surface area is 236 Å². The molecule has 1 saturated heterocycles. The van der Waals surface area contributed by atoms with Gasteiger partial charge in [0.1, 0.15) is 12.2 Å². The Morgan fingerprint density at radius 1 is 0.976 bits per heavy atom. The lowest BCUT2D eigenvalue weighted by molar-refractivity contribution is -0.138. The Balaban J connectivity index is 1.07. The summed E-state index contributed by atoms with van der Waals surface area (Å²) in [6.07, 6.45) is 11.2. The molecule has 0 saturated carbocycles. The second-order valence-corrected chi connectivity index (χ2v) is 10.1. The van der Waals surface area contributed by atoms with Gasteiger partial charge in [0, 0.05) is 62.3 Å². The monoisotopic (exact) mass is 550 g/mol. The van der Waals surface area contributed by atoms with Gasteiger partial charge in [-0.1, -0.05) is 24.3 Å². The molecule has 1 fully saturated rings. The van der Waals surface area contributed by atoms with Crippen LogP contribution in [0.4, 0.5) is 5.69 Å². The normalized spacial score (nSPS) is 15.2. The number of nitrogens with zero attached hydrogens (tertiary/aromatic N) is 7. The number of rotatable bonds is 6. The van der Waals surface area contributed by atoms with Crippen molar-refractivity contribution in [2.75, 3.05) is 31.5 Å². The largest absolute Gasteiger partial charge is 0.338 e. The van der Waals surface area contributed by atoms with E-state index >= 15 is 0 Å². The van der Waals surface area contributed by atoms with Gasteiger partial charge >= 0.3 is 0 Å². The first-order valence-corrected chi connectivity index (χ1v) is 13.6. The molecule has 0 radical (unpaired) electrons. The van der Waals surface area contributed by atoms with Crippen LogP contribution in [-0.2, 0) is 23.2 Å². The Bertz CT molecular complexity index is 1690. The highest BCUT2D eigenvalue weighted by Crippen LogP contribution is 2.21. The van der Waals surface area contributed by atoms with E-state index in [2.05, 4.69) is 20.5 Å². The Hall–Kier alpha value is -5.06. The van der Waals surface area contributed by atoms with Crippen molar-refractivity contribution in [1.82, 2.24) is 34.3 Å². The van der Waals surface area contributed by atoms with E-state index in [0.717, 1.165) is 35.0 Å². The van der Waals surface area contributed by atoms with Crippen LogP contribution in [0.25, 0.3) is 22.3 Å². The molecule has 4 aromatic rings. The first kappa shape index (κ1) is 26.2. The van der Waals surface area contributed by atoms with Gasteiger partial charge < -0.3 is 15.1 Å². The summed E-state index contributed by atoms with van der Waals surface area (Å²) in [6, 6.07) is 12.5. The number of anilines is 1. The molecule has 1 aliphatic heterocycles. The van der Waals surface area contributed by atoms with Crippen LogP contribution in [0.2, 0.25) is 0 Å². The minimum absolute atomic E-state index is 0.0335. The number of carbonyl (C=O) groups excluding carboxylic acids is 3. The molecule has 0 unspecified atom stereocenters. The van der Waals surface area contributed by atoms with Crippen molar-refractivity contribution in [1.29, 1.82) is 0 Å². The van der Waals surface area contributed by atoms with Crippen LogP contribution in [0.5, 0.6) is 0 Å². The van der Waals surface area contributed by atoms with Crippen LogP contribution >= 0.6 is 0 Å². The summed E-state index contributed by atoms with van der Waals surface area (Å²) < 4.78 is 3.32. The SMILES string of the molecule is Cn1nccc1-c1cccc(C(=O)Nc2ccc3nn(CC(=O)N4CCN(C(=O)C5=CCCC=C5)CC4)cc3c2)n1. The van der Waals surface area contributed by atoms with Crippen LogP contribution in [0, 0.1) is 0 Å². The Morgan fingerprint density at radius 2 is 1.80 bits per heavy atom. The molecular formula is C30H30N8O3. The predicted octanol–water partition coefficient (Wildman–Crippen LogP) is 3.03. The fourth-order valence-corrected chi connectivity index (χ4v) is 5.11. The first-order chi connectivity index (χ1) is 19.9. The highest BCUT2D eigenvalue weighted by atomic mass is 16.2. The topological polar surface area (TPSA) is 118 Å². The Kier molecular flexibility index (Phi) is 7.15. The standard InChI is InChI=1S/C30H30N8O3/c1-35-27(12-13-31-35)25-8-5-9-26(33-25)29(40)32-23-10-11-24-22(18-23)19-38(34-24)20-28(39)36-14-16-37(17-15-36)30(41)21-6-3-2-4-7-21/h3,5-13,18-19H,2,4,14-17,20H2,1H3,(H,32,40). The van der Waals surface area contributed by atoms with Crippen molar-refractivity contribution in [2.45, 2.75) is 19.4 Å². The van der Waals surface area contributed by atoms with Crippen molar-refractivity contribution in [3.8, 4) is 11.4 Å². The average Bonchev–Trinajstić information content (AvgIpc) is 3.62. The summed E-state index contributed by atoms with van der Waals surface area (Å²) in [5.74, 6) is -0.342. The number of hydrogen-bond acceptors (Lipinski definition) is 6. The quantitative estimate of drug-likeness (QED) is 0.394. The third-order valence-corrected chi connectivity index (χ3v) is 7.33. The van der Waals surface area contributed by atoms with Gasteiger partial charge in [-0.2, -0.15) is 10.2 Å². The van der Waals surface area contributed by atoms with E-state index in [0.29, 0.717) is 43.3 Å². The number of allylic oxidation sites excluding steroid dienone is 2. The minimum atomic E-state index is -0.329. The number of piperazine rings is 1. The number of hydrogen-bond donors (Lipinski definition) is 1. The molecule has 11 nitrogen and oxygen atoms in total. The van der Waals surface area contributed by atoms with Gasteiger partial charge in [0.25, 0.3) is 11.8 Å². The number of pyridine rings is 1. The highest BCUT2D eigenvalue weighted by Gasteiger charge is 2.26. The molecule has 4 heterocycles. The number of carbonyl (C=O) groups is 3. The van der Waals surface area contributed by atoms with Gasteiger partial charge in [-0.3, -0.25) is 23.7 Å². The predicted molar refractivity (Wildman–Crippen MR) is 154 cm³/mol. The Morgan fingerprint density at radius 3 is 2.56 bits per heavy atom. The van der Waals surface area contributed by atoms with Crippen LogP contribution in [-0.4, -0.2) is 78.2 Å². The molecule has 0 atom stereocenters. The molecule has 0 spiro atoms. The second kappa shape index (κ2) is 11.2. The number of amides is 3. The first-order valence-electron chi connectivity index (χ1n) is 13.6. The van der Waals surface area contributed by atoms with E-state index in [1.807, 2.05) is 54.4 Å². The zero-order valence-corrected chi connectivity index (χ0v) is 22.7. The van der Waals surface area contributed by atoms with Crippen LogP contribution in [0.15, 0.2) is 78.7 Å². The van der Waals surface area contributed by atoms with E-state index < -0.39 is 0 Å². The molecule has 6 rings (SSSR count). The lowest BCUT2D eigenvalue weighted by Crippen LogP contribution is -2.51. The maximum atomic E-state index is 13.0. The molecule has 41 heavy (non-hydrogen) atoms. The maximum absolute atomic E-state index is 13.0. The number of aromatic nitrogens is 5. The summed E-state index contributed by atoms with van der Waals surface area (Å²) in [5.41, 5.74) is 3.82. The van der Waals surface area contributed by atoms with Crippen LogP contribution in [0.1, 0.15) is 23.3 Å². The number of nitrogens with one attached hydrogen (secondary N) is 1. The van der Waals surface area contributed by atoms with E-state index in [1.54, 1.807) is 44.9 Å². The fraction of sp³-hybridized carbons (Fsp3) is 0.267. The minimum Gasteiger partial charge on any atom is -0.338 e. The molecule has 2 aliphatic rings. The molecule has 208 valence electrons. The lowest BCUT2D eigenvalue weighted by Gasteiger charge is -2.35. The van der Waals surface area contributed by atoms with Gasteiger partial charge in [0.15, 0.2) is 0 Å². The number of fused-ring (bicyclic) bond motifs is 1. The second-order valence-electron chi connectivity index (χ2n) is 10.1. The van der Waals surface area contributed by atoms with E-state index in [9.17, 15) is 14.4 Å². The van der Waals surface area contributed by atoms with E-state index in [1.165, 1.54) is 0 Å². The summed E-state index contributed by atoms with van der Waals surface area (Å²) in [7, 11) is 1.82. The highest BCUT2D eigenvalue weighted by molar-refractivity contribution is 6.04. The summed E-state index contributed by atoms with van der Waals surface area (Å²) in [4.78, 5) is 46.7. The zero-order valence-electron chi connectivity index (χ0n) is 22.7. The lowest BCUT2D eigenvalue weighted by atomic mass is 10.1. The molecule has 1 aromatic carbocycles. The molecule has 3 aromatic heterocycles. The molecule has 11 heteroatoms. The summed E-state index contributed by atoms with van der Waals surface area (Å²) in [5, 5.41) is 12.4. The third-order valence-electron chi connectivity index (χ3n) is 7.33. The van der Waals surface area contributed by atoms with Crippen LogP contribution < -0.4 is 5.32 Å². The zero-order chi connectivity index (χ0) is 28.3. The van der Waals surface area contributed by atoms with Crippen molar-refractivity contribution in [2.24, 2.45) is 7.05 Å².